The van der Waals surface area contributed by atoms with Gasteiger partial charge in [0.25, 0.3) is 0 Å². The minimum atomic E-state index is -4.80. The lowest BCUT2D eigenvalue weighted by molar-refractivity contribution is -0.0317. The average molecular weight is 433 g/mol. The van der Waals surface area contributed by atoms with E-state index in [-0.39, 0.29) is 31.3 Å². The van der Waals surface area contributed by atoms with Crippen molar-refractivity contribution in [3.05, 3.63) is 11.8 Å². The van der Waals surface area contributed by atoms with Crippen molar-refractivity contribution in [1.29, 1.82) is 0 Å². The van der Waals surface area contributed by atoms with E-state index in [1.54, 1.807) is 20.8 Å². The van der Waals surface area contributed by atoms with Crippen molar-refractivity contribution in [1.82, 2.24) is 25.5 Å². The van der Waals surface area contributed by atoms with Crippen LogP contribution < -0.4 is 5.32 Å². The Morgan fingerprint density at radius 1 is 1.34 bits per heavy atom. The number of alkyl carbamates (subject to hydrolysis) is 1. The van der Waals surface area contributed by atoms with Gasteiger partial charge in [-0.15, -0.1) is 14.5 Å². The molecule has 0 saturated carbocycles. The highest BCUT2D eigenvalue weighted by atomic mass is 32.3. The molecule has 0 aromatic carbocycles. The number of aromatic nitrogens is 2. The number of ether oxygens (including phenoxy) is 1. The van der Waals surface area contributed by atoms with Crippen LogP contribution in [-0.4, -0.2) is 70.0 Å². The Hall–Kier alpha value is -2.45. The number of carbonyl (C=O) groups excluding carboxylic acids is 2. The lowest BCUT2D eigenvalue weighted by Crippen LogP contribution is -2.35. The van der Waals surface area contributed by atoms with Crippen LogP contribution in [0.3, 0.4) is 0 Å². The molecule has 3 amide bonds. The van der Waals surface area contributed by atoms with Crippen LogP contribution in [0.15, 0.2) is 4.42 Å². The number of hydroxylamine groups is 2. The van der Waals surface area contributed by atoms with Gasteiger partial charge in [0, 0.05) is 19.5 Å². The zero-order chi connectivity index (χ0) is 21.4. The molecule has 0 radical (unpaired) electrons. The summed E-state index contributed by atoms with van der Waals surface area (Å²) in [7, 11) is -4.80. The maximum Gasteiger partial charge on any atom is 0.418 e. The molecule has 2 aliphatic heterocycles. The van der Waals surface area contributed by atoms with Gasteiger partial charge in [0.15, 0.2) is 0 Å². The first-order valence-corrected chi connectivity index (χ1v) is 10.4. The number of hydrogen-bond acceptors (Lipinski definition) is 9. The Morgan fingerprint density at radius 3 is 2.72 bits per heavy atom. The summed E-state index contributed by atoms with van der Waals surface area (Å²) in [6.45, 7) is 5.70. The van der Waals surface area contributed by atoms with Crippen LogP contribution in [0.4, 0.5) is 9.59 Å². The molecule has 2 atom stereocenters. The van der Waals surface area contributed by atoms with E-state index in [2.05, 4.69) is 19.8 Å². The molecule has 29 heavy (non-hydrogen) atoms. The van der Waals surface area contributed by atoms with E-state index in [4.69, 9.17) is 13.7 Å². The van der Waals surface area contributed by atoms with Gasteiger partial charge in [-0.05, 0) is 33.6 Å². The number of amides is 3. The van der Waals surface area contributed by atoms with Crippen LogP contribution in [0.25, 0.3) is 0 Å². The largest absolute Gasteiger partial charge is 0.444 e. The highest BCUT2D eigenvalue weighted by molar-refractivity contribution is 7.80. The molecule has 3 rings (SSSR count). The van der Waals surface area contributed by atoms with Gasteiger partial charge < -0.3 is 19.4 Å². The Labute approximate surface area is 167 Å². The molecular weight excluding hydrogens is 410 g/mol. The van der Waals surface area contributed by atoms with Gasteiger partial charge in [-0.2, -0.15) is 13.5 Å². The van der Waals surface area contributed by atoms with Crippen molar-refractivity contribution in [2.45, 2.75) is 57.7 Å². The number of urea groups is 1. The van der Waals surface area contributed by atoms with Crippen LogP contribution in [0, 0.1) is 0 Å². The number of nitrogens with zero attached hydrogens (tertiary/aromatic N) is 4. The smallest absolute Gasteiger partial charge is 0.418 e. The molecule has 2 saturated heterocycles. The molecule has 2 bridgehead atoms. The molecule has 0 spiro atoms. The van der Waals surface area contributed by atoms with Gasteiger partial charge in [-0.25, -0.2) is 9.59 Å². The molecule has 162 valence electrons. The average Bonchev–Trinajstić information content (AvgIpc) is 3.12. The minimum absolute atomic E-state index is 0.205. The van der Waals surface area contributed by atoms with Gasteiger partial charge in [0.05, 0.1) is 6.04 Å². The van der Waals surface area contributed by atoms with Gasteiger partial charge in [0.2, 0.25) is 11.8 Å². The summed E-state index contributed by atoms with van der Waals surface area (Å²) in [5, 5.41) is 11.1. The third-order valence-corrected chi connectivity index (χ3v) is 4.62. The second kappa shape index (κ2) is 7.76. The number of piperidine rings is 1. The summed E-state index contributed by atoms with van der Waals surface area (Å²) in [5.74, 6) is 0.480. The fourth-order valence-corrected chi connectivity index (χ4v) is 3.56. The van der Waals surface area contributed by atoms with E-state index in [0.29, 0.717) is 17.9 Å². The Bertz CT molecular complexity index is 880. The molecular formula is C15H23N5O8S. The number of rotatable bonds is 6. The molecule has 1 aromatic rings. The lowest BCUT2D eigenvalue weighted by Gasteiger charge is -2.27. The van der Waals surface area contributed by atoms with Gasteiger partial charge in [-0.1, -0.05) is 0 Å². The monoisotopic (exact) mass is 433 g/mol. The van der Waals surface area contributed by atoms with Gasteiger partial charge in [0.1, 0.15) is 11.6 Å². The van der Waals surface area contributed by atoms with Crippen molar-refractivity contribution in [3.63, 3.8) is 0 Å². The summed E-state index contributed by atoms with van der Waals surface area (Å²) >= 11 is 0. The summed E-state index contributed by atoms with van der Waals surface area (Å²) in [4.78, 5) is 25.4. The molecule has 0 aliphatic carbocycles. The third-order valence-electron chi connectivity index (χ3n) is 4.27. The maximum absolute atomic E-state index is 12.4. The zero-order valence-corrected chi connectivity index (χ0v) is 17.0. The molecule has 14 heteroatoms. The standard InChI is InChI=1S/C15H23N5O8S/c1-15(2,3)27-13(21)16-7-6-11-17-18-12(26-11)10-5-4-9-8-19(10)14(22)20(9)28-29(23,24)25/h9-10H,4-8H2,1-3H3,(H,16,21)(H,23,24,25). The van der Waals surface area contributed by atoms with Crippen molar-refractivity contribution in [3.8, 4) is 0 Å². The van der Waals surface area contributed by atoms with Crippen molar-refractivity contribution >= 4 is 22.5 Å². The highest BCUT2D eigenvalue weighted by Gasteiger charge is 2.49. The Morgan fingerprint density at radius 2 is 2.07 bits per heavy atom. The van der Waals surface area contributed by atoms with E-state index in [1.807, 2.05) is 0 Å². The summed E-state index contributed by atoms with van der Waals surface area (Å²) in [5.41, 5.74) is -0.601. The lowest BCUT2D eigenvalue weighted by atomic mass is 10.0. The molecule has 2 aliphatic rings. The summed E-state index contributed by atoms with van der Waals surface area (Å²) < 4.78 is 45.8. The van der Waals surface area contributed by atoms with Crippen LogP contribution in [0.2, 0.25) is 0 Å². The van der Waals surface area contributed by atoms with Gasteiger partial charge in [-0.3, -0.25) is 4.55 Å². The first kappa shape index (κ1) is 21.3. The molecule has 2 fully saturated rings. The predicted octanol–water partition coefficient (Wildman–Crippen LogP) is 0.812. The molecule has 2 N–H and O–H groups in total. The second-order valence-electron chi connectivity index (χ2n) is 7.72. The minimum Gasteiger partial charge on any atom is -0.444 e. The van der Waals surface area contributed by atoms with Gasteiger partial charge >= 0.3 is 22.5 Å². The molecule has 3 heterocycles. The molecule has 2 unspecified atom stereocenters. The van der Waals surface area contributed by atoms with Crippen LogP contribution >= 0.6 is 0 Å². The maximum atomic E-state index is 12.4. The normalized spacial score (nSPS) is 22.1. The van der Waals surface area contributed by atoms with Crippen molar-refractivity contribution in [2.24, 2.45) is 0 Å². The first-order chi connectivity index (χ1) is 13.4. The number of fused-ring (bicyclic) bond motifs is 2. The van der Waals surface area contributed by atoms with Crippen molar-refractivity contribution < 1.29 is 36.0 Å². The number of carbonyl (C=O) groups is 2. The van der Waals surface area contributed by atoms with Crippen molar-refractivity contribution in [2.75, 3.05) is 13.1 Å². The second-order valence-corrected chi connectivity index (χ2v) is 8.73. The third kappa shape index (κ3) is 5.33. The van der Waals surface area contributed by atoms with E-state index < -0.39 is 40.2 Å². The van der Waals surface area contributed by atoms with E-state index in [9.17, 15) is 18.0 Å². The van der Waals surface area contributed by atoms with E-state index >= 15 is 0 Å². The Kier molecular flexibility index (Phi) is 5.69. The Balaban J connectivity index is 1.57. The topological polar surface area (TPSA) is 164 Å². The zero-order valence-electron chi connectivity index (χ0n) is 16.2. The number of nitrogens with one attached hydrogen (secondary N) is 1. The SMILES string of the molecule is CC(C)(C)OC(=O)NCCc1nnc(C2CCC3CN2C(=O)N3OS(=O)(=O)O)o1. The predicted molar refractivity (Wildman–Crippen MR) is 94.6 cm³/mol. The fourth-order valence-electron chi connectivity index (χ4n) is 3.18. The quantitative estimate of drug-likeness (QED) is 0.613. The van der Waals surface area contributed by atoms with Crippen LogP contribution in [0.1, 0.15) is 51.4 Å². The highest BCUT2D eigenvalue weighted by Crippen LogP contribution is 2.38. The molecule has 1 aromatic heterocycles. The van der Waals surface area contributed by atoms with E-state index in [1.165, 1.54) is 4.90 Å². The van der Waals surface area contributed by atoms with Crippen LogP contribution in [-0.2, 0) is 25.8 Å². The molecule has 13 nitrogen and oxygen atoms in total. The first-order valence-electron chi connectivity index (χ1n) is 8.99. The van der Waals surface area contributed by atoms with E-state index in [0.717, 1.165) is 0 Å². The number of hydrogen-bond donors (Lipinski definition) is 2. The summed E-state index contributed by atoms with van der Waals surface area (Å²) in [6, 6.07) is -1.74. The van der Waals surface area contributed by atoms with Crippen LogP contribution in [0.5, 0.6) is 0 Å². The fraction of sp³-hybridized carbons (Fsp3) is 0.733. The summed E-state index contributed by atoms with van der Waals surface area (Å²) in [6.07, 6.45) is 0.602.